The lowest BCUT2D eigenvalue weighted by Crippen LogP contribution is -2.41. The first-order valence-corrected chi connectivity index (χ1v) is 12.8. The van der Waals surface area contributed by atoms with E-state index in [2.05, 4.69) is 0 Å². The van der Waals surface area contributed by atoms with E-state index >= 15 is 0 Å². The number of ketones is 1. The van der Waals surface area contributed by atoms with Gasteiger partial charge in [-0.1, -0.05) is 97.7 Å². The summed E-state index contributed by atoms with van der Waals surface area (Å²) < 4.78 is 0. The Hall–Kier alpha value is -3.50. The molecule has 0 N–H and O–H groups in total. The predicted octanol–water partition coefficient (Wildman–Crippen LogP) is 6.45. The van der Waals surface area contributed by atoms with Crippen molar-refractivity contribution < 1.29 is 14.4 Å². The first-order chi connectivity index (χ1) is 17.4. The minimum absolute atomic E-state index is 0.00920. The summed E-state index contributed by atoms with van der Waals surface area (Å²) in [7, 11) is 0. The molecule has 2 fully saturated rings. The number of anilines is 1. The minimum atomic E-state index is -1.13. The summed E-state index contributed by atoms with van der Waals surface area (Å²) in [6, 6.07) is 26.6. The number of benzene rings is 3. The number of hydrogen-bond acceptors (Lipinski definition) is 3. The highest BCUT2D eigenvalue weighted by molar-refractivity contribution is 6.38. The zero-order chi connectivity index (χ0) is 25.2. The maximum absolute atomic E-state index is 14.6. The van der Waals surface area contributed by atoms with Crippen molar-refractivity contribution in [1.82, 2.24) is 0 Å². The molecule has 4 nitrogen and oxygen atoms in total. The molecule has 1 saturated carbocycles. The molecule has 6 rings (SSSR count). The van der Waals surface area contributed by atoms with Crippen LogP contribution in [0.5, 0.6) is 0 Å². The Morgan fingerprint density at radius 3 is 1.86 bits per heavy atom. The van der Waals surface area contributed by atoms with Crippen molar-refractivity contribution >= 4 is 46.0 Å². The first-order valence-electron chi connectivity index (χ1n) is 12.4. The molecule has 180 valence electrons. The molecule has 2 aliphatic carbocycles. The van der Waals surface area contributed by atoms with E-state index in [0.29, 0.717) is 23.6 Å². The molecule has 1 saturated heterocycles. The number of nitrogens with zero attached hydrogens (tertiary/aromatic N) is 1. The van der Waals surface area contributed by atoms with Crippen LogP contribution < -0.4 is 4.90 Å². The van der Waals surface area contributed by atoms with Gasteiger partial charge in [-0.25, -0.2) is 4.90 Å². The Morgan fingerprint density at radius 2 is 1.28 bits per heavy atom. The lowest BCUT2D eigenvalue weighted by Gasteiger charge is -2.37. The van der Waals surface area contributed by atoms with Crippen molar-refractivity contribution in [3.63, 3.8) is 0 Å². The number of amides is 2. The standard InChI is InChI=1S/C31H26ClNO3/c1-3-18-31-24(20-14-8-5-9-15-20)23(19-12-6-4-7-13-19)30(2,29(31)36)25-26(31)28(35)33(27(25)34)22-17-11-10-16-21(22)32/h4-17,25-26H,3,18H2,1-2H3/t25-,26+,30+,31-/m0/s1. The third-order valence-corrected chi connectivity index (χ3v) is 8.73. The highest BCUT2D eigenvalue weighted by Crippen LogP contribution is 2.75. The number of imide groups is 1. The van der Waals surface area contributed by atoms with Crippen molar-refractivity contribution in [2.24, 2.45) is 22.7 Å². The normalized spacial score (nSPS) is 28.9. The number of carbonyl (C=O) groups is 3. The van der Waals surface area contributed by atoms with Gasteiger partial charge >= 0.3 is 0 Å². The first kappa shape index (κ1) is 22.9. The second-order valence-electron chi connectivity index (χ2n) is 10.2. The molecular weight excluding hydrogens is 470 g/mol. The lowest BCUT2D eigenvalue weighted by atomic mass is 9.61. The molecule has 0 unspecified atom stereocenters. The maximum Gasteiger partial charge on any atom is 0.239 e. The highest BCUT2D eigenvalue weighted by atomic mass is 35.5. The quantitative estimate of drug-likeness (QED) is 0.382. The summed E-state index contributed by atoms with van der Waals surface area (Å²) in [5, 5.41) is 0.340. The third kappa shape index (κ3) is 2.68. The van der Waals surface area contributed by atoms with E-state index in [1.54, 1.807) is 24.3 Å². The van der Waals surface area contributed by atoms with Crippen LogP contribution in [0.3, 0.4) is 0 Å². The Bertz CT molecular complexity index is 1450. The predicted molar refractivity (Wildman–Crippen MR) is 141 cm³/mol. The molecule has 1 heterocycles. The maximum atomic E-state index is 14.6. The molecule has 0 radical (unpaired) electrons. The molecule has 36 heavy (non-hydrogen) atoms. The number of para-hydroxylation sites is 1. The molecule has 4 atom stereocenters. The van der Waals surface area contributed by atoms with Crippen LogP contribution >= 0.6 is 11.6 Å². The molecule has 3 aromatic rings. The molecular formula is C31H26ClNO3. The monoisotopic (exact) mass is 495 g/mol. The number of hydrogen-bond donors (Lipinski definition) is 0. The SMILES string of the molecule is CCC[C@]12C(=O)[C@](C)(C(c3ccccc3)=C1c1ccccc1)[C@@H]1C(=O)N(c3ccccc3Cl)C(=O)[C@@H]12. The van der Waals surface area contributed by atoms with E-state index in [9.17, 15) is 14.4 Å². The highest BCUT2D eigenvalue weighted by Gasteiger charge is 2.80. The second kappa shape index (κ2) is 8.01. The van der Waals surface area contributed by atoms with Gasteiger partial charge in [-0.3, -0.25) is 14.4 Å². The second-order valence-corrected chi connectivity index (χ2v) is 10.6. The zero-order valence-electron chi connectivity index (χ0n) is 20.2. The Labute approximate surface area is 215 Å². The van der Waals surface area contributed by atoms with Gasteiger partial charge in [0.15, 0.2) is 5.78 Å². The fourth-order valence-electron chi connectivity index (χ4n) is 7.23. The minimum Gasteiger partial charge on any atom is -0.298 e. The summed E-state index contributed by atoms with van der Waals surface area (Å²) >= 11 is 6.46. The van der Waals surface area contributed by atoms with Crippen LogP contribution in [0, 0.1) is 22.7 Å². The molecule has 3 aromatic carbocycles. The molecule has 5 heteroatoms. The van der Waals surface area contributed by atoms with Gasteiger partial charge in [0.05, 0.1) is 33.4 Å². The fraction of sp³-hybridized carbons (Fsp3) is 0.258. The van der Waals surface area contributed by atoms with E-state index in [-0.39, 0.29) is 17.6 Å². The Morgan fingerprint density at radius 1 is 0.750 bits per heavy atom. The number of halogens is 1. The van der Waals surface area contributed by atoms with Gasteiger partial charge in [0, 0.05) is 0 Å². The summed E-state index contributed by atoms with van der Waals surface area (Å²) in [4.78, 5) is 44.2. The smallest absolute Gasteiger partial charge is 0.239 e. The summed E-state index contributed by atoms with van der Waals surface area (Å²) in [6.07, 6.45) is 1.20. The summed E-state index contributed by atoms with van der Waals surface area (Å²) in [6.45, 7) is 3.91. The van der Waals surface area contributed by atoms with E-state index in [1.807, 2.05) is 74.5 Å². The van der Waals surface area contributed by atoms with E-state index in [1.165, 1.54) is 4.90 Å². The topological polar surface area (TPSA) is 54.5 Å². The van der Waals surface area contributed by atoms with E-state index in [0.717, 1.165) is 22.3 Å². The summed E-state index contributed by atoms with van der Waals surface area (Å²) in [5.41, 5.74) is 1.78. The largest absolute Gasteiger partial charge is 0.298 e. The van der Waals surface area contributed by atoms with Gasteiger partial charge in [0.25, 0.3) is 0 Å². The fourth-order valence-corrected chi connectivity index (χ4v) is 7.45. The van der Waals surface area contributed by atoms with Crippen molar-refractivity contribution in [3.05, 3.63) is 101 Å². The van der Waals surface area contributed by atoms with Crippen LogP contribution in [-0.4, -0.2) is 17.6 Å². The molecule has 2 bridgehead atoms. The van der Waals surface area contributed by atoms with Crippen LogP contribution in [-0.2, 0) is 14.4 Å². The van der Waals surface area contributed by atoms with Crippen molar-refractivity contribution in [1.29, 1.82) is 0 Å². The van der Waals surface area contributed by atoms with E-state index < -0.39 is 22.7 Å². The van der Waals surface area contributed by atoms with Gasteiger partial charge < -0.3 is 0 Å². The van der Waals surface area contributed by atoms with Crippen molar-refractivity contribution in [2.45, 2.75) is 26.7 Å². The number of fused-ring (bicyclic) bond motifs is 5. The van der Waals surface area contributed by atoms with Crippen LogP contribution in [0.1, 0.15) is 37.8 Å². The number of allylic oxidation sites excluding steroid dienone is 2. The van der Waals surface area contributed by atoms with Crippen molar-refractivity contribution in [2.75, 3.05) is 4.90 Å². The number of rotatable bonds is 5. The number of Topliss-reactive ketones (excluding diaryl/α,β-unsaturated/α-hetero) is 1. The molecule has 3 aliphatic rings. The number of carbonyl (C=O) groups excluding carboxylic acids is 3. The van der Waals surface area contributed by atoms with Crippen molar-refractivity contribution in [3.8, 4) is 0 Å². The molecule has 0 spiro atoms. The van der Waals surface area contributed by atoms with Crippen LogP contribution in [0.4, 0.5) is 5.69 Å². The van der Waals surface area contributed by atoms with Gasteiger partial charge in [0.2, 0.25) is 11.8 Å². The molecule has 0 aromatic heterocycles. The molecule has 1 aliphatic heterocycles. The van der Waals surface area contributed by atoms with Crippen LogP contribution in [0.2, 0.25) is 5.02 Å². The average molecular weight is 496 g/mol. The summed E-state index contributed by atoms with van der Waals surface area (Å²) in [5.74, 6) is -2.22. The van der Waals surface area contributed by atoms with Gasteiger partial charge in [0.1, 0.15) is 0 Å². The van der Waals surface area contributed by atoms with Crippen LogP contribution in [0.15, 0.2) is 84.9 Å². The Kier molecular flexibility index (Phi) is 5.10. The average Bonchev–Trinajstić information content (AvgIpc) is 3.35. The van der Waals surface area contributed by atoms with Gasteiger partial charge in [-0.05, 0) is 47.8 Å². The Balaban J connectivity index is 1.67. The van der Waals surface area contributed by atoms with Crippen LogP contribution in [0.25, 0.3) is 11.1 Å². The van der Waals surface area contributed by atoms with Gasteiger partial charge in [-0.2, -0.15) is 0 Å². The lowest BCUT2D eigenvalue weighted by molar-refractivity contribution is -0.134. The van der Waals surface area contributed by atoms with E-state index in [4.69, 9.17) is 11.6 Å². The molecule has 2 amide bonds. The van der Waals surface area contributed by atoms with Gasteiger partial charge in [-0.15, -0.1) is 0 Å². The third-order valence-electron chi connectivity index (χ3n) is 8.41. The zero-order valence-corrected chi connectivity index (χ0v) is 21.0.